The molecule has 1 heterocycles. The van der Waals surface area contributed by atoms with Crippen LogP contribution in [0.25, 0.3) is 0 Å². The lowest BCUT2D eigenvalue weighted by molar-refractivity contribution is -0.148. The number of aliphatic hydroxyl groups excluding tert-OH is 2. The number of rotatable bonds is 7. The molecule has 7 N–H and O–H groups in total. The van der Waals surface area contributed by atoms with Crippen molar-refractivity contribution in [3.63, 3.8) is 0 Å². The highest BCUT2D eigenvalue weighted by Crippen LogP contribution is 2.54. The zero-order valence-electron chi connectivity index (χ0n) is 27.4. The maximum atomic E-state index is 14.2. The minimum absolute atomic E-state index is 0.00306. The van der Waals surface area contributed by atoms with E-state index in [2.05, 4.69) is 10.2 Å². The summed E-state index contributed by atoms with van der Waals surface area (Å²) in [7, 11) is 6.72. The van der Waals surface area contributed by atoms with Crippen molar-refractivity contribution in [2.45, 2.75) is 56.6 Å². The third-order valence-corrected chi connectivity index (χ3v) is 11.0. The maximum Gasteiger partial charge on any atom is 0.255 e. The van der Waals surface area contributed by atoms with Crippen LogP contribution in [0.5, 0.6) is 5.75 Å². The average Bonchev–Trinajstić information content (AvgIpc) is 2.97. The number of nitrogens with two attached hydrogens (primary N) is 1. The molecule has 4 aliphatic carbocycles. The molecule has 1 saturated heterocycles. The standard InChI is InChI=1S/C34H45N5O8/c1-37(2)22-12-21(36-33(46)18-14-39(15-18)13-16-8-6-5-7-9-16)27(40)24-19(22)10-17-11-20-26(38(3)4)29(42)25(32(35)45)31(44)34(20,47)30(43)23(17)28(24)41/h12,16-18,20,26,40,42-43,47H,5-11,13-15H2,1-4H3,(H2,35,45)(H,36,46)/t17-,20-,26-,34-/m0/s1. The Bertz CT molecular complexity index is 1600. The number of hydrogen-bond acceptors (Lipinski definition) is 11. The van der Waals surface area contributed by atoms with Gasteiger partial charge in [-0.25, -0.2) is 0 Å². The van der Waals surface area contributed by atoms with Gasteiger partial charge >= 0.3 is 0 Å². The summed E-state index contributed by atoms with van der Waals surface area (Å²) >= 11 is 0. The number of allylic oxidation sites excluding steroid dienone is 1. The molecular formula is C34H45N5O8. The Morgan fingerprint density at radius 1 is 1.06 bits per heavy atom. The second kappa shape index (κ2) is 11.9. The Balaban J connectivity index is 1.33. The number of Topliss-reactive ketones (excluding diaryl/α,β-unsaturated/α-hetero) is 2. The van der Waals surface area contributed by atoms with Crippen LogP contribution >= 0.6 is 0 Å². The Morgan fingerprint density at radius 3 is 2.32 bits per heavy atom. The van der Waals surface area contributed by atoms with Gasteiger partial charge in [-0.2, -0.15) is 0 Å². The van der Waals surface area contributed by atoms with Crippen molar-refractivity contribution in [2.24, 2.45) is 29.4 Å². The highest BCUT2D eigenvalue weighted by atomic mass is 16.3. The largest absolute Gasteiger partial charge is 0.510 e. The molecule has 2 amide bonds. The van der Waals surface area contributed by atoms with Gasteiger partial charge < -0.3 is 41.3 Å². The number of carbonyl (C=O) groups excluding carboxylic acids is 4. The molecule has 0 aromatic heterocycles. The zero-order valence-corrected chi connectivity index (χ0v) is 27.4. The highest BCUT2D eigenvalue weighted by Gasteiger charge is 2.63. The highest BCUT2D eigenvalue weighted by molar-refractivity contribution is 6.25. The molecule has 13 heteroatoms. The summed E-state index contributed by atoms with van der Waals surface area (Å²) in [4.78, 5) is 58.9. The van der Waals surface area contributed by atoms with Crippen LogP contribution in [0.3, 0.4) is 0 Å². The number of aliphatic hydroxyl groups is 3. The smallest absolute Gasteiger partial charge is 0.255 e. The van der Waals surface area contributed by atoms with Gasteiger partial charge in [0.1, 0.15) is 17.1 Å². The molecule has 0 radical (unpaired) electrons. The SMILES string of the molecule is CN(C)c1cc(NC(=O)C2CN(CC3CCCCC3)C2)c(O)c2c1C[C@H]1C[C@H]3[C@H](N(C)C)C(O)=C(C(N)=O)C(=O)[C@@]3(O)C(O)=C1C2=O. The van der Waals surface area contributed by atoms with Crippen molar-refractivity contribution in [3.8, 4) is 5.75 Å². The van der Waals surface area contributed by atoms with Gasteiger partial charge in [0.2, 0.25) is 11.7 Å². The molecule has 254 valence electrons. The topological polar surface area (TPSA) is 197 Å². The van der Waals surface area contributed by atoms with Gasteiger partial charge in [-0.1, -0.05) is 19.3 Å². The molecule has 0 spiro atoms. The predicted octanol–water partition coefficient (Wildman–Crippen LogP) is 1.64. The number of nitrogens with zero attached hydrogens (tertiary/aromatic N) is 3. The summed E-state index contributed by atoms with van der Waals surface area (Å²) < 4.78 is 0. The van der Waals surface area contributed by atoms with Gasteiger partial charge in [0, 0.05) is 50.9 Å². The lowest BCUT2D eigenvalue weighted by Gasteiger charge is -2.50. The molecule has 0 unspecified atom stereocenters. The molecule has 47 heavy (non-hydrogen) atoms. The van der Waals surface area contributed by atoms with Crippen LogP contribution in [-0.2, 0) is 20.8 Å². The average molecular weight is 652 g/mol. The van der Waals surface area contributed by atoms with Crippen molar-refractivity contribution < 1.29 is 39.6 Å². The molecule has 5 aliphatic rings. The number of phenolic OH excluding ortho intramolecular Hbond substituents is 1. The van der Waals surface area contributed by atoms with E-state index >= 15 is 0 Å². The van der Waals surface area contributed by atoms with Gasteiger partial charge in [0.15, 0.2) is 17.1 Å². The summed E-state index contributed by atoms with van der Waals surface area (Å²) in [6, 6.07) is 0.566. The van der Waals surface area contributed by atoms with Gasteiger partial charge in [-0.15, -0.1) is 0 Å². The summed E-state index contributed by atoms with van der Waals surface area (Å²) in [5, 5.41) is 48.7. The number of primary amides is 1. The zero-order chi connectivity index (χ0) is 34.1. The number of likely N-dealkylation sites (N-methyl/N-ethyl adjacent to an activating group) is 1. The molecule has 0 bridgehead atoms. The van der Waals surface area contributed by atoms with E-state index in [4.69, 9.17) is 5.73 Å². The minimum atomic E-state index is -2.72. The second-order valence-corrected chi connectivity index (χ2v) is 14.4. The molecule has 6 rings (SSSR count). The molecule has 1 aromatic carbocycles. The van der Waals surface area contributed by atoms with Crippen LogP contribution in [0.4, 0.5) is 11.4 Å². The van der Waals surface area contributed by atoms with Crippen molar-refractivity contribution in [1.82, 2.24) is 9.80 Å². The van der Waals surface area contributed by atoms with Crippen molar-refractivity contribution >= 4 is 34.8 Å². The number of anilines is 2. The summed E-state index contributed by atoms with van der Waals surface area (Å²) in [6.07, 6.45) is 6.39. The molecule has 1 saturated carbocycles. The number of amides is 2. The molecule has 1 aromatic rings. The van der Waals surface area contributed by atoms with Gasteiger partial charge in [-0.05, 0) is 63.2 Å². The van der Waals surface area contributed by atoms with Crippen molar-refractivity contribution in [2.75, 3.05) is 58.0 Å². The van der Waals surface area contributed by atoms with Crippen molar-refractivity contribution in [1.29, 1.82) is 0 Å². The molecule has 13 nitrogen and oxygen atoms in total. The fourth-order valence-electron chi connectivity index (χ4n) is 8.65. The number of fused-ring (bicyclic) bond motifs is 3. The quantitative estimate of drug-likeness (QED) is 0.185. The number of hydrogen-bond donors (Lipinski definition) is 6. The number of likely N-dealkylation sites (tertiary alicyclic amines) is 1. The number of ketones is 2. The Morgan fingerprint density at radius 2 is 1.72 bits per heavy atom. The molecule has 4 atom stereocenters. The first-order valence-corrected chi connectivity index (χ1v) is 16.4. The fourth-order valence-corrected chi connectivity index (χ4v) is 8.65. The first kappa shape index (κ1) is 33.0. The van der Waals surface area contributed by atoms with E-state index in [1.165, 1.54) is 37.0 Å². The van der Waals surface area contributed by atoms with E-state index in [1.807, 2.05) is 0 Å². The first-order valence-electron chi connectivity index (χ1n) is 16.4. The van der Waals surface area contributed by atoms with Crippen LogP contribution in [-0.4, -0.2) is 113 Å². The van der Waals surface area contributed by atoms with E-state index in [9.17, 15) is 39.6 Å². The fraction of sp³-hybridized carbons (Fsp3) is 0.588. The van der Waals surface area contributed by atoms with Crippen LogP contribution in [0.1, 0.15) is 54.4 Å². The lowest BCUT2D eigenvalue weighted by atomic mass is 9.58. The van der Waals surface area contributed by atoms with E-state index in [0.717, 1.165) is 6.54 Å². The molecular weight excluding hydrogens is 606 g/mol. The number of benzene rings is 1. The third-order valence-electron chi connectivity index (χ3n) is 11.0. The van der Waals surface area contributed by atoms with Gasteiger partial charge in [-0.3, -0.25) is 24.1 Å². The molecule has 1 aliphatic heterocycles. The van der Waals surface area contributed by atoms with E-state index in [0.29, 0.717) is 30.3 Å². The Labute approximate surface area is 273 Å². The van der Waals surface area contributed by atoms with Gasteiger partial charge in [0.05, 0.1) is 23.2 Å². The van der Waals surface area contributed by atoms with E-state index < -0.39 is 63.8 Å². The molecule has 2 fully saturated rings. The number of phenols is 1. The van der Waals surface area contributed by atoms with Crippen LogP contribution in [0, 0.1) is 23.7 Å². The van der Waals surface area contributed by atoms with Gasteiger partial charge in [0.25, 0.3) is 5.91 Å². The number of carbonyl (C=O) groups is 4. The summed E-state index contributed by atoms with van der Waals surface area (Å²) in [6.45, 7) is 2.22. The third kappa shape index (κ3) is 5.19. The van der Waals surface area contributed by atoms with E-state index in [1.54, 1.807) is 39.2 Å². The maximum absolute atomic E-state index is 14.2. The lowest BCUT2D eigenvalue weighted by Crippen LogP contribution is -2.63. The van der Waals surface area contributed by atoms with Crippen LogP contribution < -0.4 is 16.0 Å². The summed E-state index contributed by atoms with van der Waals surface area (Å²) in [5.41, 5.74) is 2.58. The minimum Gasteiger partial charge on any atom is -0.510 e. The van der Waals surface area contributed by atoms with Crippen molar-refractivity contribution in [3.05, 3.63) is 39.9 Å². The van der Waals surface area contributed by atoms with Crippen LogP contribution in [0.15, 0.2) is 28.7 Å². The summed E-state index contributed by atoms with van der Waals surface area (Å²) in [5.74, 6) is -7.03. The predicted molar refractivity (Wildman–Crippen MR) is 173 cm³/mol. The number of aromatic hydroxyl groups is 1. The normalized spacial score (nSPS) is 28.5. The second-order valence-electron chi connectivity index (χ2n) is 14.4. The monoisotopic (exact) mass is 651 g/mol. The Hall–Kier alpha value is -3.94. The first-order chi connectivity index (χ1) is 22.2. The Kier molecular flexibility index (Phi) is 8.38. The number of nitrogens with one attached hydrogen (secondary N) is 1. The van der Waals surface area contributed by atoms with E-state index in [-0.39, 0.29) is 41.5 Å². The van der Waals surface area contributed by atoms with Crippen LogP contribution in [0.2, 0.25) is 0 Å².